The molecule has 0 saturated heterocycles. The number of benzene rings is 1. The van der Waals surface area contributed by atoms with Gasteiger partial charge in [0.05, 0.1) is 16.4 Å². The Morgan fingerprint density at radius 1 is 1.38 bits per heavy atom. The Morgan fingerprint density at radius 3 is 2.81 bits per heavy atom. The number of rotatable bonds is 5. The molecular weight excluding hydrogens is 341 g/mol. The van der Waals surface area contributed by atoms with E-state index >= 15 is 0 Å². The second-order valence-electron chi connectivity index (χ2n) is 3.80. The Morgan fingerprint density at radius 2 is 2.14 bits per heavy atom. The Bertz CT molecular complexity index is 663. The first-order valence-corrected chi connectivity index (χ1v) is 6.64. The van der Waals surface area contributed by atoms with Gasteiger partial charge in [0.25, 0.3) is 0 Å². The lowest BCUT2D eigenvalue weighted by atomic mass is 10.3. The van der Waals surface area contributed by atoms with Crippen molar-refractivity contribution >= 4 is 33.5 Å². The van der Waals surface area contributed by atoms with Crippen LogP contribution in [0.3, 0.4) is 0 Å². The molecule has 0 radical (unpaired) electrons. The zero-order valence-corrected chi connectivity index (χ0v) is 12.4. The number of ether oxygens (including phenoxy) is 1. The molecule has 0 amide bonds. The molecule has 0 atom stereocenters. The number of aromatic nitrogens is 2. The molecule has 0 aliphatic carbocycles. The van der Waals surface area contributed by atoms with E-state index in [1.165, 1.54) is 18.3 Å². The van der Waals surface area contributed by atoms with E-state index in [2.05, 4.69) is 36.0 Å². The molecule has 1 heterocycles. The van der Waals surface area contributed by atoms with Crippen LogP contribution in [0.15, 0.2) is 51.2 Å². The fourth-order valence-corrected chi connectivity index (χ4v) is 1.69. The molecule has 6 nitrogen and oxygen atoms in total. The van der Waals surface area contributed by atoms with Crippen molar-refractivity contribution in [2.24, 2.45) is 15.9 Å². The highest BCUT2D eigenvalue weighted by atomic mass is 79.9. The number of halogens is 2. The average molecular weight is 352 g/mol. The van der Waals surface area contributed by atoms with Gasteiger partial charge in [0.1, 0.15) is 18.1 Å². The molecule has 2 aromatic rings. The van der Waals surface area contributed by atoms with Gasteiger partial charge in [-0.1, -0.05) is 0 Å². The van der Waals surface area contributed by atoms with E-state index in [1.807, 2.05) is 0 Å². The summed E-state index contributed by atoms with van der Waals surface area (Å²) in [4.78, 5) is 11.9. The molecule has 0 saturated carbocycles. The molecule has 0 aliphatic rings. The summed E-state index contributed by atoms with van der Waals surface area (Å²) in [6.07, 6.45) is 4.56. The third-order valence-corrected chi connectivity index (χ3v) is 2.93. The van der Waals surface area contributed by atoms with Crippen molar-refractivity contribution in [2.45, 2.75) is 0 Å². The van der Waals surface area contributed by atoms with E-state index in [9.17, 15) is 4.39 Å². The summed E-state index contributed by atoms with van der Waals surface area (Å²) < 4.78 is 18.7. The molecule has 2 N–H and O–H groups in total. The van der Waals surface area contributed by atoms with E-state index in [1.54, 1.807) is 24.5 Å². The van der Waals surface area contributed by atoms with Crippen LogP contribution in [0.2, 0.25) is 0 Å². The highest BCUT2D eigenvalue weighted by Gasteiger charge is 2.02. The predicted molar refractivity (Wildman–Crippen MR) is 81.4 cm³/mol. The molecule has 0 aliphatic heterocycles. The maximum atomic E-state index is 13.1. The fourth-order valence-electron chi connectivity index (χ4n) is 1.32. The van der Waals surface area contributed by atoms with E-state index in [4.69, 9.17) is 10.6 Å². The Balaban J connectivity index is 1.98. The zero-order valence-electron chi connectivity index (χ0n) is 10.8. The molecule has 0 fully saturated rings. The molecule has 1 aromatic carbocycles. The number of nitrogens with zero attached hydrogens (tertiary/aromatic N) is 4. The number of nitrogens with two attached hydrogens (primary N) is 1. The van der Waals surface area contributed by atoms with Gasteiger partial charge in [-0.2, -0.15) is 5.10 Å². The van der Waals surface area contributed by atoms with Gasteiger partial charge < -0.3 is 10.6 Å². The van der Waals surface area contributed by atoms with Crippen molar-refractivity contribution in [3.05, 3.63) is 46.9 Å². The lowest BCUT2D eigenvalue weighted by Crippen LogP contribution is -2.15. The monoisotopic (exact) mass is 351 g/mol. The van der Waals surface area contributed by atoms with Crippen molar-refractivity contribution < 1.29 is 9.13 Å². The first kappa shape index (κ1) is 15.0. The largest absolute Gasteiger partial charge is 0.457 e. The number of hydrogen-bond donors (Lipinski definition) is 1. The van der Waals surface area contributed by atoms with Crippen LogP contribution in [-0.4, -0.2) is 28.5 Å². The van der Waals surface area contributed by atoms with Crippen molar-refractivity contribution in [1.82, 2.24) is 9.97 Å². The maximum Gasteiger partial charge on any atom is 0.316 e. The molecule has 8 heteroatoms. The standard InChI is InChI=1S/C13H11BrFN5O/c14-11-6-9(2-3-12(11)15)19-7-10(20-16)8-21-13-17-4-1-5-18-13/h1-7H,8,16H2. The molecule has 21 heavy (non-hydrogen) atoms. The lowest BCUT2D eigenvalue weighted by Gasteiger charge is -2.02. The SMILES string of the molecule is NN=C(C=Nc1ccc(F)c(Br)c1)COc1ncccn1. The average Bonchev–Trinajstić information content (AvgIpc) is 2.52. The number of hydrazone groups is 1. The van der Waals surface area contributed by atoms with Gasteiger partial charge in [0.15, 0.2) is 0 Å². The van der Waals surface area contributed by atoms with Gasteiger partial charge in [-0.3, -0.25) is 4.99 Å². The van der Waals surface area contributed by atoms with E-state index in [-0.39, 0.29) is 18.4 Å². The summed E-state index contributed by atoms with van der Waals surface area (Å²) in [6, 6.07) is 6.28. The Hall–Kier alpha value is -2.35. The summed E-state index contributed by atoms with van der Waals surface area (Å²) >= 11 is 3.09. The minimum absolute atomic E-state index is 0.0758. The first-order valence-electron chi connectivity index (χ1n) is 5.84. The van der Waals surface area contributed by atoms with Crippen LogP contribution in [0, 0.1) is 5.82 Å². The number of aliphatic imine (C=N–C) groups is 1. The lowest BCUT2D eigenvalue weighted by molar-refractivity contribution is 0.346. The number of hydrogen-bond acceptors (Lipinski definition) is 6. The van der Waals surface area contributed by atoms with Gasteiger partial charge in [-0.25, -0.2) is 14.4 Å². The highest BCUT2D eigenvalue weighted by Crippen LogP contribution is 2.21. The summed E-state index contributed by atoms with van der Waals surface area (Å²) in [5.74, 6) is 4.91. The smallest absolute Gasteiger partial charge is 0.316 e. The van der Waals surface area contributed by atoms with Gasteiger partial charge >= 0.3 is 6.01 Å². The molecule has 1 aromatic heterocycles. The Labute approximate surface area is 128 Å². The minimum Gasteiger partial charge on any atom is -0.457 e. The molecule has 0 bridgehead atoms. The third kappa shape index (κ3) is 4.60. The molecule has 108 valence electrons. The van der Waals surface area contributed by atoms with Gasteiger partial charge in [-0.05, 0) is 40.2 Å². The van der Waals surface area contributed by atoms with Crippen LogP contribution in [0.4, 0.5) is 10.1 Å². The Kier molecular flexibility index (Phi) is 5.33. The quantitative estimate of drug-likeness (QED) is 0.509. The van der Waals surface area contributed by atoms with Gasteiger partial charge in [0.2, 0.25) is 0 Å². The van der Waals surface area contributed by atoms with Crippen molar-refractivity contribution in [1.29, 1.82) is 0 Å². The fraction of sp³-hybridized carbons (Fsp3) is 0.0769. The predicted octanol–water partition coefficient (Wildman–Crippen LogP) is 2.47. The minimum atomic E-state index is -0.355. The first-order chi connectivity index (χ1) is 10.2. The topological polar surface area (TPSA) is 85.8 Å². The summed E-state index contributed by atoms with van der Waals surface area (Å²) in [6.45, 7) is 0.0758. The summed E-state index contributed by atoms with van der Waals surface area (Å²) in [5.41, 5.74) is 0.947. The van der Waals surface area contributed by atoms with E-state index in [0.717, 1.165) is 0 Å². The molecule has 0 unspecified atom stereocenters. The summed E-state index contributed by atoms with van der Waals surface area (Å²) in [5, 5.41) is 3.56. The normalized spacial score (nSPS) is 11.8. The van der Waals surface area contributed by atoms with E-state index < -0.39 is 0 Å². The molecule has 2 rings (SSSR count). The highest BCUT2D eigenvalue weighted by molar-refractivity contribution is 9.10. The van der Waals surface area contributed by atoms with Crippen LogP contribution in [0.5, 0.6) is 6.01 Å². The van der Waals surface area contributed by atoms with Crippen LogP contribution >= 0.6 is 15.9 Å². The summed E-state index contributed by atoms with van der Waals surface area (Å²) in [7, 11) is 0. The van der Waals surface area contributed by atoms with Crippen LogP contribution in [-0.2, 0) is 0 Å². The molecular formula is C13H11BrFN5O. The second kappa shape index (κ2) is 7.44. The second-order valence-corrected chi connectivity index (χ2v) is 4.65. The van der Waals surface area contributed by atoms with Crippen molar-refractivity contribution in [3.63, 3.8) is 0 Å². The van der Waals surface area contributed by atoms with Gasteiger partial charge in [-0.15, -0.1) is 0 Å². The van der Waals surface area contributed by atoms with E-state index in [0.29, 0.717) is 15.9 Å². The van der Waals surface area contributed by atoms with Gasteiger partial charge in [0, 0.05) is 12.4 Å². The van der Waals surface area contributed by atoms with Crippen LogP contribution < -0.4 is 10.6 Å². The van der Waals surface area contributed by atoms with Crippen LogP contribution in [0.25, 0.3) is 0 Å². The maximum absolute atomic E-state index is 13.1. The molecule has 0 spiro atoms. The van der Waals surface area contributed by atoms with Crippen LogP contribution in [0.1, 0.15) is 0 Å². The van der Waals surface area contributed by atoms with Crippen molar-refractivity contribution in [3.8, 4) is 6.01 Å². The van der Waals surface area contributed by atoms with Crippen molar-refractivity contribution in [2.75, 3.05) is 6.61 Å². The zero-order chi connectivity index (χ0) is 15.1. The third-order valence-electron chi connectivity index (χ3n) is 2.32.